The fourth-order valence-electron chi connectivity index (χ4n) is 3.29. The van der Waals surface area contributed by atoms with E-state index in [1.54, 1.807) is 0 Å². The van der Waals surface area contributed by atoms with Gasteiger partial charge in [0.1, 0.15) is 0 Å². The Labute approximate surface area is 101 Å². The number of rotatable bonds is 4. The first-order valence-corrected chi connectivity index (χ1v) is 6.76. The van der Waals surface area contributed by atoms with Gasteiger partial charge in [-0.2, -0.15) is 5.06 Å². The number of hydroxylamine groups is 2. The topological polar surface area (TPSA) is 12.5 Å². The van der Waals surface area contributed by atoms with Crippen molar-refractivity contribution in [1.82, 2.24) is 5.06 Å². The lowest BCUT2D eigenvalue weighted by Crippen LogP contribution is -2.60. The second-order valence-electron chi connectivity index (χ2n) is 6.43. The summed E-state index contributed by atoms with van der Waals surface area (Å²) >= 11 is 0. The van der Waals surface area contributed by atoms with E-state index < -0.39 is 0 Å². The molecule has 1 rings (SSSR count). The highest BCUT2D eigenvalue weighted by molar-refractivity contribution is 4.96. The molecule has 0 bridgehead atoms. The quantitative estimate of drug-likeness (QED) is 0.719. The van der Waals surface area contributed by atoms with Gasteiger partial charge in [-0.1, -0.05) is 20.3 Å². The zero-order valence-electron chi connectivity index (χ0n) is 12.0. The molecule has 0 amide bonds. The molecule has 2 heteroatoms. The van der Waals surface area contributed by atoms with Crippen LogP contribution in [0.15, 0.2) is 0 Å². The molecule has 1 saturated heterocycles. The molecule has 2 nitrogen and oxygen atoms in total. The van der Waals surface area contributed by atoms with Crippen molar-refractivity contribution in [3.05, 3.63) is 0 Å². The van der Waals surface area contributed by atoms with Crippen LogP contribution >= 0.6 is 0 Å². The number of piperidine rings is 1. The van der Waals surface area contributed by atoms with Gasteiger partial charge >= 0.3 is 0 Å². The summed E-state index contributed by atoms with van der Waals surface area (Å²) in [5.74, 6) is 0.839. The Morgan fingerprint density at radius 3 is 1.94 bits per heavy atom. The van der Waals surface area contributed by atoms with Crippen molar-refractivity contribution in [2.45, 2.75) is 78.3 Å². The van der Waals surface area contributed by atoms with E-state index in [2.05, 4.69) is 46.6 Å². The van der Waals surface area contributed by atoms with Gasteiger partial charge in [-0.05, 0) is 52.9 Å². The van der Waals surface area contributed by atoms with Gasteiger partial charge in [0.15, 0.2) is 0 Å². The molecular weight excluding hydrogens is 198 g/mol. The van der Waals surface area contributed by atoms with Crippen LogP contribution in [-0.2, 0) is 4.84 Å². The monoisotopic (exact) mass is 227 g/mol. The minimum atomic E-state index is 0.164. The van der Waals surface area contributed by atoms with Gasteiger partial charge in [-0.15, -0.1) is 0 Å². The maximum absolute atomic E-state index is 5.99. The summed E-state index contributed by atoms with van der Waals surface area (Å²) in [6, 6.07) is 0. The first kappa shape index (κ1) is 14.0. The van der Waals surface area contributed by atoms with Crippen LogP contribution in [0.4, 0.5) is 0 Å². The highest BCUT2D eigenvalue weighted by atomic mass is 16.7. The van der Waals surface area contributed by atoms with Crippen LogP contribution in [-0.4, -0.2) is 22.7 Å². The molecule has 0 aliphatic carbocycles. The predicted molar refractivity (Wildman–Crippen MR) is 69.3 cm³/mol. The lowest BCUT2D eigenvalue weighted by molar-refractivity contribution is -0.287. The van der Waals surface area contributed by atoms with Crippen molar-refractivity contribution >= 4 is 0 Å². The summed E-state index contributed by atoms with van der Waals surface area (Å²) < 4.78 is 0. The summed E-state index contributed by atoms with van der Waals surface area (Å²) in [4.78, 5) is 5.99. The molecule has 1 aliphatic heterocycles. The average molecular weight is 227 g/mol. The zero-order chi connectivity index (χ0) is 12.4. The van der Waals surface area contributed by atoms with Gasteiger partial charge < -0.3 is 0 Å². The molecular formula is C14H29NO. The predicted octanol–water partition coefficient (Wildman–Crippen LogP) is 4.01. The second kappa shape index (κ2) is 5.05. The van der Waals surface area contributed by atoms with E-state index >= 15 is 0 Å². The molecule has 16 heavy (non-hydrogen) atoms. The minimum absolute atomic E-state index is 0.164. The Morgan fingerprint density at radius 1 is 1.06 bits per heavy atom. The average Bonchev–Trinajstić information content (AvgIpc) is 2.14. The van der Waals surface area contributed by atoms with Crippen molar-refractivity contribution in [3.8, 4) is 0 Å². The van der Waals surface area contributed by atoms with Crippen LogP contribution in [0.1, 0.15) is 67.2 Å². The van der Waals surface area contributed by atoms with Gasteiger partial charge in [0.05, 0.1) is 6.61 Å². The summed E-state index contributed by atoms with van der Waals surface area (Å²) in [6.07, 6.45) is 4.86. The molecule has 1 fully saturated rings. The lowest BCUT2D eigenvalue weighted by atomic mass is 9.74. The molecule has 0 aromatic carbocycles. The Kier molecular flexibility index (Phi) is 4.42. The first-order valence-electron chi connectivity index (χ1n) is 6.76. The van der Waals surface area contributed by atoms with Gasteiger partial charge in [0, 0.05) is 11.1 Å². The summed E-state index contributed by atoms with van der Waals surface area (Å²) in [5, 5.41) is 2.26. The Bertz CT molecular complexity index is 205. The maximum atomic E-state index is 5.99. The standard InChI is InChI=1S/C14H29NO/c1-7-9-16-15-13(3,4)10-12(8-2)11-14(15,5)6/h12H,7-11H2,1-6H3. The van der Waals surface area contributed by atoms with Crippen LogP contribution < -0.4 is 0 Å². The molecule has 0 aromatic rings. The molecule has 0 unspecified atom stereocenters. The molecule has 1 heterocycles. The Hall–Kier alpha value is -0.0800. The van der Waals surface area contributed by atoms with Gasteiger partial charge in [0.2, 0.25) is 0 Å². The third kappa shape index (κ3) is 2.98. The van der Waals surface area contributed by atoms with E-state index in [1.807, 2.05) is 0 Å². The fourth-order valence-corrected chi connectivity index (χ4v) is 3.29. The van der Waals surface area contributed by atoms with E-state index in [-0.39, 0.29) is 11.1 Å². The number of nitrogens with zero attached hydrogens (tertiary/aromatic N) is 1. The highest BCUT2D eigenvalue weighted by Gasteiger charge is 2.45. The van der Waals surface area contributed by atoms with Crippen molar-refractivity contribution in [2.24, 2.45) is 5.92 Å². The molecule has 0 radical (unpaired) electrons. The smallest absolute Gasteiger partial charge is 0.0683 e. The third-order valence-corrected chi connectivity index (χ3v) is 3.68. The van der Waals surface area contributed by atoms with Crippen LogP contribution in [0.2, 0.25) is 0 Å². The first-order chi connectivity index (χ1) is 7.33. The number of hydrogen-bond donors (Lipinski definition) is 0. The summed E-state index contributed by atoms with van der Waals surface area (Å²) in [6.45, 7) is 14.6. The lowest BCUT2D eigenvalue weighted by Gasteiger charge is -2.53. The van der Waals surface area contributed by atoms with Crippen LogP contribution in [0, 0.1) is 5.92 Å². The molecule has 1 aliphatic rings. The van der Waals surface area contributed by atoms with Crippen molar-refractivity contribution in [2.75, 3.05) is 6.61 Å². The van der Waals surface area contributed by atoms with E-state index in [4.69, 9.17) is 4.84 Å². The minimum Gasteiger partial charge on any atom is -0.298 e. The summed E-state index contributed by atoms with van der Waals surface area (Å²) in [5.41, 5.74) is 0.329. The molecule has 0 saturated carbocycles. The van der Waals surface area contributed by atoms with E-state index in [0.29, 0.717) is 0 Å². The van der Waals surface area contributed by atoms with E-state index in [0.717, 1.165) is 18.9 Å². The Morgan fingerprint density at radius 2 is 1.56 bits per heavy atom. The highest BCUT2D eigenvalue weighted by Crippen LogP contribution is 2.42. The van der Waals surface area contributed by atoms with E-state index in [1.165, 1.54) is 19.3 Å². The van der Waals surface area contributed by atoms with Crippen molar-refractivity contribution in [1.29, 1.82) is 0 Å². The SMILES string of the molecule is CCCON1C(C)(C)CC(CC)CC1(C)C. The van der Waals surface area contributed by atoms with Crippen LogP contribution in [0.3, 0.4) is 0 Å². The van der Waals surface area contributed by atoms with Crippen LogP contribution in [0.5, 0.6) is 0 Å². The molecule has 96 valence electrons. The normalized spacial score (nSPS) is 25.9. The van der Waals surface area contributed by atoms with Crippen LogP contribution in [0.25, 0.3) is 0 Å². The molecule has 0 atom stereocenters. The molecule has 0 spiro atoms. The maximum Gasteiger partial charge on any atom is 0.0683 e. The van der Waals surface area contributed by atoms with Crippen molar-refractivity contribution in [3.63, 3.8) is 0 Å². The third-order valence-electron chi connectivity index (χ3n) is 3.68. The largest absolute Gasteiger partial charge is 0.298 e. The molecule has 0 N–H and O–H groups in total. The number of hydrogen-bond acceptors (Lipinski definition) is 2. The van der Waals surface area contributed by atoms with E-state index in [9.17, 15) is 0 Å². The van der Waals surface area contributed by atoms with Gasteiger partial charge in [-0.25, -0.2) is 0 Å². The van der Waals surface area contributed by atoms with Crippen molar-refractivity contribution < 1.29 is 4.84 Å². The molecule has 0 aromatic heterocycles. The van der Waals surface area contributed by atoms with Gasteiger partial charge in [-0.3, -0.25) is 4.84 Å². The second-order valence-corrected chi connectivity index (χ2v) is 6.43. The van der Waals surface area contributed by atoms with Gasteiger partial charge in [0.25, 0.3) is 0 Å². The fraction of sp³-hybridized carbons (Fsp3) is 1.00. The summed E-state index contributed by atoms with van der Waals surface area (Å²) in [7, 11) is 0. The Balaban J connectivity index is 2.79. The zero-order valence-corrected chi connectivity index (χ0v) is 12.0.